The van der Waals surface area contributed by atoms with E-state index in [0.29, 0.717) is 28.8 Å². The summed E-state index contributed by atoms with van der Waals surface area (Å²) in [6.07, 6.45) is 6.23. The van der Waals surface area contributed by atoms with Gasteiger partial charge in [0.25, 0.3) is 5.56 Å². The number of nitrogens with zero attached hydrogens (tertiary/aromatic N) is 3. The van der Waals surface area contributed by atoms with Gasteiger partial charge in [-0.05, 0) is 25.7 Å². The first-order chi connectivity index (χ1) is 9.70. The molecule has 2 aromatic heterocycles. The first-order valence-electron chi connectivity index (χ1n) is 7.10. The Balaban J connectivity index is 1.87. The quantitative estimate of drug-likeness (QED) is 0.881. The average molecular weight is 271 g/mol. The van der Waals surface area contributed by atoms with E-state index in [4.69, 9.17) is 0 Å². The van der Waals surface area contributed by atoms with E-state index in [1.807, 2.05) is 6.07 Å². The number of rotatable bonds is 4. The van der Waals surface area contributed by atoms with Crippen molar-refractivity contribution in [3.8, 4) is 0 Å². The van der Waals surface area contributed by atoms with Crippen molar-refractivity contribution >= 4 is 22.5 Å². The largest absolute Gasteiger partial charge is 0.367 e. The zero-order valence-electron chi connectivity index (χ0n) is 11.4. The van der Waals surface area contributed by atoms with Crippen LogP contribution in [0.15, 0.2) is 17.2 Å². The molecule has 2 aromatic rings. The Bertz CT molecular complexity index is 730. The minimum atomic E-state index is -0.0522. The number of aryl methyl sites for hydroxylation is 1. The van der Waals surface area contributed by atoms with Crippen molar-refractivity contribution in [2.75, 3.05) is 10.6 Å². The van der Waals surface area contributed by atoms with E-state index in [9.17, 15) is 4.79 Å². The molecule has 0 unspecified atom stereocenters. The van der Waals surface area contributed by atoms with Gasteiger partial charge >= 0.3 is 0 Å². The molecule has 2 N–H and O–H groups in total. The predicted octanol–water partition coefficient (Wildman–Crippen LogP) is 1.48. The Hall–Kier alpha value is -2.11. The van der Waals surface area contributed by atoms with E-state index in [0.717, 1.165) is 18.7 Å². The van der Waals surface area contributed by atoms with Gasteiger partial charge in [-0.2, -0.15) is 0 Å². The molecular formula is C14H17N5O. The second-order valence-corrected chi connectivity index (χ2v) is 5.75. The molecular weight excluding hydrogens is 254 g/mol. The second-order valence-electron chi connectivity index (χ2n) is 5.75. The third-order valence-electron chi connectivity index (χ3n) is 3.75. The molecule has 104 valence electrons. The van der Waals surface area contributed by atoms with Gasteiger partial charge < -0.3 is 15.2 Å². The molecule has 0 aliphatic heterocycles. The number of hydrogen-bond donors (Lipinski definition) is 2. The number of pyridine rings is 1. The highest BCUT2D eigenvalue weighted by Gasteiger charge is 2.25. The molecule has 2 saturated carbocycles. The van der Waals surface area contributed by atoms with Crippen molar-refractivity contribution in [1.82, 2.24) is 14.5 Å². The highest BCUT2D eigenvalue weighted by molar-refractivity contribution is 5.90. The lowest BCUT2D eigenvalue weighted by atomic mass is 10.2. The fraction of sp³-hybridized carbons (Fsp3) is 0.500. The zero-order valence-corrected chi connectivity index (χ0v) is 11.4. The van der Waals surface area contributed by atoms with Crippen LogP contribution in [-0.4, -0.2) is 26.6 Å². The minimum Gasteiger partial charge on any atom is -0.367 e. The van der Waals surface area contributed by atoms with Crippen molar-refractivity contribution in [2.45, 2.75) is 37.8 Å². The summed E-state index contributed by atoms with van der Waals surface area (Å²) in [6.45, 7) is 0. The van der Waals surface area contributed by atoms with Gasteiger partial charge in [0, 0.05) is 25.2 Å². The summed E-state index contributed by atoms with van der Waals surface area (Å²) in [6, 6.07) is 2.85. The van der Waals surface area contributed by atoms with E-state index in [1.165, 1.54) is 17.4 Å². The van der Waals surface area contributed by atoms with Crippen LogP contribution in [0.25, 0.3) is 10.9 Å². The maximum absolute atomic E-state index is 12.3. The number of nitrogens with one attached hydrogen (secondary N) is 2. The molecule has 6 nitrogen and oxygen atoms in total. The van der Waals surface area contributed by atoms with E-state index < -0.39 is 0 Å². The monoisotopic (exact) mass is 271 g/mol. The highest BCUT2D eigenvalue weighted by atomic mass is 16.1. The maximum Gasteiger partial charge on any atom is 0.264 e. The van der Waals surface area contributed by atoms with Gasteiger partial charge in [-0.25, -0.2) is 9.97 Å². The molecule has 0 amide bonds. The van der Waals surface area contributed by atoms with Gasteiger partial charge in [0.05, 0.1) is 11.8 Å². The lowest BCUT2D eigenvalue weighted by molar-refractivity contribution is 0.841. The van der Waals surface area contributed by atoms with Gasteiger partial charge in [0.1, 0.15) is 17.0 Å². The third-order valence-corrected chi connectivity index (χ3v) is 3.75. The summed E-state index contributed by atoms with van der Waals surface area (Å²) in [4.78, 5) is 21.3. The van der Waals surface area contributed by atoms with Crippen LogP contribution in [0.4, 0.5) is 11.6 Å². The van der Waals surface area contributed by atoms with Crippen molar-refractivity contribution in [3.63, 3.8) is 0 Å². The molecule has 4 rings (SSSR count). The van der Waals surface area contributed by atoms with Crippen molar-refractivity contribution in [2.24, 2.45) is 7.05 Å². The van der Waals surface area contributed by atoms with Gasteiger partial charge in [0.2, 0.25) is 0 Å². The minimum absolute atomic E-state index is 0.0522. The Morgan fingerprint density at radius 3 is 2.60 bits per heavy atom. The van der Waals surface area contributed by atoms with Crippen LogP contribution in [-0.2, 0) is 7.05 Å². The van der Waals surface area contributed by atoms with E-state index in [1.54, 1.807) is 13.4 Å². The Kier molecular flexibility index (Phi) is 2.45. The van der Waals surface area contributed by atoms with E-state index in [-0.39, 0.29) is 5.56 Å². The number of anilines is 2. The average Bonchev–Trinajstić information content (AvgIpc) is 3.30. The number of hydrogen-bond acceptors (Lipinski definition) is 5. The molecule has 0 radical (unpaired) electrons. The molecule has 2 fully saturated rings. The molecule has 2 aliphatic rings. The molecule has 0 bridgehead atoms. The number of aromatic nitrogens is 3. The Morgan fingerprint density at radius 2 is 1.90 bits per heavy atom. The summed E-state index contributed by atoms with van der Waals surface area (Å²) in [5.74, 6) is 1.48. The molecule has 2 heterocycles. The van der Waals surface area contributed by atoms with Crippen LogP contribution in [0.2, 0.25) is 0 Å². The van der Waals surface area contributed by atoms with Gasteiger partial charge in [-0.3, -0.25) is 4.79 Å². The van der Waals surface area contributed by atoms with Crippen LogP contribution >= 0.6 is 0 Å². The standard InChI is InChI=1S/C14H17N5O/c1-19-7-15-10-6-11(16-8-2-3-8)18-13(12(10)14(19)20)17-9-4-5-9/h6-9H,2-5H2,1H3,(H2,16,17,18). The molecule has 0 saturated heterocycles. The maximum atomic E-state index is 12.3. The topological polar surface area (TPSA) is 71.8 Å². The van der Waals surface area contributed by atoms with Crippen LogP contribution in [0.1, 0.15) is 25.7 Å². The summed E-state index contributed by atoms with van der Waals surface area (Å²) >= 11 is 0. The fourth-order valence-corrected chi connectivity index (χ4v) is 2.26. The van der Waals surface area contributed by atoms with Crippen molar-refractivity contribution in [1.29, 1.82) is 0 Å². The van der Waals surface area contributed by atoms with Crippen LogP contribution in [0, 0.1) is 0 Å². The molecule has 0 spiro atoms. The highest BCUT2D eigenvalue weighted by Crippen LogP contribution is 2.30. The molecule has 20 heavy (non-hydrogen) atoms. The first kappa shape index (κ1) is 11.7. The van der Waals surface area contributed by atoms with Crippen LogP contribution < -0.4 is 16.2 Å². The lowest BCUT2D eigenvalue weighted by Crippen LogP contribution is -2.20. The molecule has 0 atom stereocenters. The predicted molar refractivity (Wildman–Crippen MR) is 78.1 cm³/mol. The normalized spacial score (nSPS) is 18.2. The zero-order chi connectivity index (χ0) is 13.7. The summed E-state index contributed by atoms with van der Waals surface area (Å²) in [5.41, 5.74) is 0.651. The number of fused-ring (bicyclic) bond motifs is 1. The van der Waals surface area contributed by atoms with Crippen LogP contribution in [0.3, 0.4) is 0 Å². The first-order valence-corrected chi connectivity index (χ1v) is 7.10. The SMILES string of the molecule is Cn1cnc2cc(NC3CC3)nc(NC3CC3)c2c1=O. The lowest BCUT2D eigenvalue weighted by Gasteiger charge is -2.11. The summed E-state index contributed by atoms with van der Waals surface area (Å²) in [7, 11) is 1.71. The molecule has 2 aliphatic carbocycles. The van der Waals surface area contributed by atoms with Gasteiger partial charge in [-0.15, -0.1) is 0 Å². The van der Waals surface area contributed by atoms with E-state index >= 15 is 0 Å². The smallest absolute Gasteiger partial charge is 0.264 e. The Morgan fingerprint density at radius 1 is 1.20 bits per heavy atom. The Labute approximate surface area is 116 Å². The molecule has 6 heteroatoms. The summed E-state index contributed by atoms with van der Waals surface area (Å²) < 4.78 is 1.50. The second kappa shape index (κ2) is 4.19. The van der Waals surface area contributed by atoms with Crippen molar-refractivity contribution < 1.29 is 0 Å². The van der Waals surface area contributed by atoms with Gasteiger partial charge in [0.15, 0.2) is 0 Å². The molecule has 0 aromatic carbocycles. The van der Waals surface area contributed by atoms with Crippen LogP contribution in [0.5, 0.6) is 0 Å². The van der Waals surface area contributed by atoms with Crippen molar-refractivity contribution in [3.05, 3.63) is 22.7 Å². The van der Waals surface area contributed by atoms with E-state index in [2.05, 4.69) is 20.6 Å². The summed E-state index contributed by atoms with van der Waals surface area (Å²) in [5, 5.41) is 7.32. The fourth-order valence-electron chi connectivity index (χ4n) is 2.26. The van der Waals surface area contributed by atoms with Gasteiger partial charge in [-0.1, -0.05) is 0 Å². The third kappa shape index (κ3) is 2.11.